The largest absolute Gasteiger partial charge is 0.496 e. The number of benzene rings is 2. The number of rotatable bonds is 6. The van der Waals surface area contributed by atoms with Gasteiger partial charge in [-0.05, 0) is 18.2 Å². The molecule has 1 aromatic heterocycles. The minimum absolute atomic E-state index is 0.164. The molecule has 0 amide bonds. The molecule has 0 unspecified atom stereocenters. The molecule has 1 heterocycles. The number of nitro benzene ring substituents is 1. The summed E-state index contributed by atoms with van der Waals surface area (Å²) >= 11 is 0. The number of carbonyl (C=O) groups is 1. The molecule has 28 heavy (non-hydrogen) atoms. The summed E-state index contributed by atoms with van der Waals surface area (Å²) in [6.45, 7) is 1.57. The molecule has 8 heteroatoms. The zero-order chi connectivity index (χ0) is 20.3. The fraction of sp³-hybridized carbons (Fsp3) is 0.200. The smallest absolute Gasteiger partial charge is 0.345 e. The number of aryl methyl sites for hydroxylation is 1. The summed E-state index contributed by atoms with van der Waals surface area (Å²) in [5.74, 6) is -0.00311. The second-order valence-corrected chi connectivity index (χ2v) is 5.90. The predicted molar refractivity (Wildman–Crippen MR) is 101 cm³/mol. The summed E-state index contributed by atoms with van der Waals surface area (Å²) < 4.78 is 16.4. The second-order valence-electron chi connectivity index (χ2n) is 5.90. The van der Waals surface area contributed by atoms with E-state index in [2.05, 4.69) is 0 Å². The van der Waals surface area contributed by atoms with E-state index in [1.165, 1.54) is 37.4 Å². The van der Waals surface area contributed by atoms with Gasteiger partial charge in [0.05, 0.1) is 23.0 Å². The van der Waals surface area contributed by atoms with Crippen LogP contribution in [0.25, 0.3) is 11.0 Å². The quantitative estimate of drug-likeness (QED) is 0.363. The number of hydrogen-bond acceptors (Lipinski definition) is 7. The lowest BCUT2D eigenvalue weighted by Crippen LogP contribution is -2.10. The maximum absolute atomic E-state index is 12.4. The van der Waals surface area contributed by atoms with Crippen molar-refractivity contribution in [3.63, 3.8) is 0 Å². The number of fused-ring (bicyclic) bond motifs is 1. The highest BCUT2D eigenvalue weighted by Gasteiger charge is 2.22. The molecule has 0 N–H and O–H groups in total. The van der Waals surface area contributed by atoms with E-state index in [0.717, 1.165) is 0 Å². The average molecular weight is 383 g/mol. The third-order valence-electron chi connectivity index (χ3n) is 4.24. The first kappa shape index (κ1) is 19.1. The standard InChI is InChI=1S/C20H17NO7/c1-3-12-10-17(22)14-8-9-18(26-2)15(19(14)28-12)11-27-20(23)13-6-4-5-7-16(13)21(24)25/h4-10H,3,11H2,1-2H3. The molecular weight excluding hydrogens is 366 g/mol. The van der Waals surface area contributed by atoms with Gasteiger partial charge in [-0.25, -0.2) is 4.79 Å². The maximum atomic E-state index is 12.4. The third kappa shape index (κ3) is 3.57. The van der Waals surface area contributed by atoms with Crippen LogP contribution in [0.3, 0.4) is 0 Å². The van der Waals surface area contributed by atoms with Crippen molar-refractivity contribution in [2.45, 2.75) is 20.0 Å². The summed E-state index contributed by atoms with van der Waals surface area (Å²) in [5.41, 5.74) is -0.0926. The lowest BCUT2D eigenvalue weighted by molar-refractivity contribution is -0.385. The number of methoxy groups -OCH3 is 1. The van der Waals surface area contributed by atoms with E-state index in [4.69, 9.17) is 13.9 Å². The zero-order valence-corrected chi connectivity index (χ0v) is 15.3. The average Bonchev–Trinajstić information content (AvgIpc) is 2.71. The van der Waals surface area contributed by atoms with Crippen molar-refractivity contribution in [2.24, 2.45) is 0 Å². The molecule has 0 aliphatic heterocycles. The predicted octanol–water partition coefficient (Wildman–Crippen LogP) is 3.63. The SMILES string of the molecule is CCc1cc(=O)c2ccc(OC)c(COC(=O)c3ccccc3[N+](=O)[O-])c2o1. The van der Waals surface area contributed by atoms with Crippen LogP contribution in [-0.4, -0.2) is 18.0 Å². The Morgan fingerprint density at radius 1 is 1.21 bits per heavy atom. The van der Waals surface area contributed by atoms with Crippen LogP contribution in [0.15, 0.2) is 51.7 Å². The van der Waals surface area contributed by atoms with E-state index in [-0.39, 0.29) is 28.9 Å². The minimum atomic E-state index is -0.861. The number of carbonyl (C=O) groups excluding carboxylic acids is 1. The van der Waals surface area contributed by atoms with Crippen LogP contribution in [0.4, 0.5) is 5.69 Å². The van der Waals surface area contributed by atoms with Crippen molar-refractivity contribution in [3.05, 3.63) is 79.7 Å². The number of para-hydroxylation sites is 1. The number of hydrogen-bond donors (Lipinski definition) is 0. The lowest BCUT2D eigenvalue weighted by atomic mass is 10.1. The van der Waals surface area contributed by atoms with Crippen LogP contribution in [0, 0.1) is 10.1 Å². The maximum Gasteiger partial charge on any atom is 0.345 e. The first-order valence-electron chi connectivity index (χ1n) is 8.49. The Morgan fingerprint density at radius 2 is 1.96 bits per heavy atom. The first-order valence-corrected chi connectivity index (χ1v) is 8.49. The van der Waals surface area contributed by atoms with Crippen molar-refractivity contribution < 1.29 is 23.6 Å². The Bertz CT molecular complexity index is 1120. The number of ether oxygens (including phenoxy) is 2. The molecule has 3 rings (SSSR count). The van der Waals surface area contributed by atoms with Crippen LogP contribution in [0.5, 0.6) is 5.75 Å². The van der Waals surface area contributed by atoms with Crippen molar-refractivity contribution in [2.75, 3.05) is 7.11 Å². The van der Waals surface area contributed by atoms with E-state index in [9.17, 15) is 19.7 Å². The molecule has 0 atom stereocenters. The van der Waals surface area contributed by atoms with E-state index >= 15 is 0 Å². The highest BCUT2D eigenvalue weighted by atomic mass is 16.6. The molecule has 2 aromatic carbocycles. The van der Waals surface area contributed by atoms with Crippen molar-refractivity contribution in [1.82, 2.24) is 0 Å². The van der Waals surface area contributed by atoms with E-state index in [0.29, 0.717) is 28.9 Å². The van der Waals surface area contributed by atoms with Crippen molar-refractivity contribution in [1.29, 1.82) is 0 Å². The Kier molecular flexibility index (Phi) is 5.39. The lowest BCUT2D eigenvalue weighted by Gasteiger charge is -2.12. The van der Waals surface area contributed by atoms with E-state index in [1.54, 1.807) is 12.1 Å². The van der Waals surface area contributed by atoms with Gasteiger partial charge in [-0.1, -0.05) is 19.1 Å². The van der Waals surface area contributed by atoms with E-state index < -0.39 is 10.9 Å². The molecule has 0 aliphatic rings. The van der Waals surface area contributed by atoms with Gasteiger partial charge in [-0.2, -0.15) is 0 Å². The third-order valence-corrected chi connectivity index (χ3v) is 4.24. The molecule has 3 aromatic rings. The molecule has 0 saturated heterocycles. The van der Waals surface area contributed by atoms with Crippen LogP contribution < -0.4 is 10.2 Å². The monoisotopic (exact) mass is 383 g/mol. The van der Waals surface area contributed by atoms with Crippen molar-refractivity contribution in [3.8, 4) is 5.75 Å². The van der Waals surface area contributed by atoms with Gasteiger partial charge >= 0.3 is 5.97 Å². The molecule has 0 saturated carbocycles. The molecule has 0 spiro atoms. The number of esters is 1. The summed E-state index contributed by atoms with van der Waals surface area (Å²) in [7, 11) is 1.44. The first-order chi connectivity index (χ1) is 13.5. The highest BCUT2D eigenvalue weighted by Crippen LogP contribution is 2.29. The van der Waals surface area contributed by atoms with E-state index in [1.807, 2.05) is 6.92 Å². The summed E-state index contributed by atoms with van der Waals surface area (Å²) in [6, 6.07) is 10.1. The van der Waals surface area contributed by atoms with Gasteiger partial charge < -0.3 is 13.9 Å². The van der Waals surface area contributed by atoms with Crippen LogP contribution >= 0.6 is 0 Å². The fourth-order valence-electron chi connectivity index (χ4n) is 2.83. The molecule has 144 valence electrons. The van der Waals surface area contributed by atoms with Crippen LogP contribution in [-0.2, 0) is 17.8 Å². The van der Waals surface area contributed by atoms with Crippen LogP contribution in [0.2, 0.25) is 0 Å². The number of nitrogens with zero attached hydrogens (tertiary/aromatic N) is 1. The molecule has 8 nitrogen and oxygen atoms in total. The zero-order valence-electron chi connectivity index (χ0n) is 15.3. The van der Waals surface area contributed by atoms with Gasteiger partial charge in [0.2, 0.25) is 0 Å². The van der Waals surface area contributed by atoms with Gasteiger partial charge in [0, 0.05) is 18.6 Å². The van der Waals surface area contributed by atoms with Gasteiger partial charge in [0.25, 0.3) is 5.69 Å². The van der Waals surface area contributed by atoms with Crippen LogP contribution in [0.1, 0.15) is 28.6 Å². The molecule has 0 radical (unpaired) electrons. The van der Waals surface area contributed by atoms with Crippen molar-refractivity contribution >= 4 is 22.6 Å². The molecule has 0 bridgehead atoms. The Labute approximate surface area is 159 Å². The van der Waals surface area contributed by atoms with Gasteiger partial charge in [-0.15, -0.1) is 0 Å². The number of nitro groups is 1. The van der Waals surface area contributed by atoms with Gasteiger partial charge in [-0.3, -0.25) is 14.9 Å². The normalized spacial score (nSPS) is 10.6. The molecule has 0 aliphatic carbocycles. The van der Waals surface area contributed by atoms with Gasteiger partial charge in [0.15, 0.2) is 5.43 Å². The molecular formula is C20H17NO7. The molecule has 0 fully saturated rings. The highest BCUT2D eigenvalue weighted by molar-refractivity contribution is 5.94. The fourth-order valence-corrected chi connectivity index (χ4v) is 2.83. The summed E-state index contributed by atoms with van der Waals surface area (Å²) in [4.78, 5) is 35.2. The van der Waals surface area contributed by atoms with Gasteiger partial charge in [0.1, 0.15) is 29.3 Å². The summed E-state index contributed by atoms with van der Waals surface area (Å²) in [5, 5.41) is 11.4. The Hall–Kier alpha value is -3.68. The minimum Gasteiger partial charge on any atom is -0.496 e. The topological polar surface area (TPSA) is 109 Å². The Balaban J connectivity index is 2.00. The summed E-state index contributed by atoms with van der Waals surface area (Å²) in [6.07, 6.45) is 0.512. The Morgan fingerprint density at radius 3 is 2.64 bits per heavy atom. The second kappa shape index (κ2) is 7.91.